The van der Waals surface area contributed by atoms with Gasteiger partial charge in [0.25, 0.3) is 5.91 Å². The van der Waals surface area contributed by atoms with Gasteiger partial charge in [0.15, 0.2) is 0 Å². The average Bonchev–Trinajstić information content (AvgIpc) is 2.53. The highest BCUT2D eigenvalue weighted by molar-refractivity contribution is 5.94. The van der Waals surface area contributed by atoms with Gasteiger partial charge in [-0.25, -0.2) is 0 Å². The van der Waals surface area contributed by atoms with Gasteiger partial charge >= 0.3 is 0 Å². The first-order chi connectivity index (χ1) is 10.1. The third kappa shape index (κ3) is 4.21. The molecule has 1 aliphatic rings. The molecule has 1 amide bonds. The molecule has 4 heteroatoms. The van der Waals surface area contributed by atoms with Crippen molar-refractivity contribution in [1.29, 1.82) is 0 Å². The van der Waals surface area contributed by atoms with Crippen LogP contribution in [0.15, 0.2) is 24.3 Å². The molecular weight excluding hydrogens is 262 g/mol. The number of likely N-dealkylation sites (tertiary alicyclic amines) is 1. The number of piperidine rings is 1. The Hall–Kier alpha value is -1.55. The predicted octanol–water partition coefficient (Wildman–Crippen LogP) is 2.21. The molecule has 1 heterocycles. The van der Waals surface area contributed by atoms with Crippen molar-refractivity contribution >= 4 is 11.6 Å². The summed E-state index contributed by atoms with van der Waals surface area (Å²) in [7, 11) is 6.01. The molecule has 0 radical (unpaired) electrons. The summed E-state index contributed by atoms with van der Waals surface area (Å²) in [5.41, 5.74) is 1.92. The molecule has 1 aromatic rings. The van der Waals surface area contributed by atoms with Crippen molar-refractivity contribution in [3.63, 3.8) is 0 Å². The monoisotopic (exact) mass is 289 g/mol. The van der Waals surface area contributed by atoms with Crippen LogP contribution in [0, 0.1) is 5.92 Å². The van der Waals surface area contributed by atoms with Crippen LogP contribution in [-0.2, 0) is 0 Å². The van der Waals surface area contributed by atoms with E-state index in [1.165, 1.54) is 6.42 Å². The van der Waals surface area contributed by atoms with Crippen molar-refractivity contribution in [3.05, 3.63) is 29.8 Å². The second-order valence-electron chi connectivity index (χ2n) is 6.07. The topological polar surface area (TPSA) is 35.6 Å². The normalized spacial score (nSPS) is 16.0. The van der Waals surface area contributed by atoms with E-state index in [9.17, 15) is 4.79 Å². The highest BCUT2D eigenvalue weighted by atomic mass is 16.2. The molecule has 0 atom stereocenters. The van der Waals surface area contributed by atoms with Crippen molar-refractivity contribution in [2.45, 2.75) is 19.3 Å². The lowest BCUT2D eigenvalue weighted by atomic mass is 9.93. The molecule has 0 spiro atoms. The molecule has 116 valence electrons. The van der Waals surface area contributed by atoms with Gasteiger partial charge < -0.3 is 15.1 Å². The number of amides is 1. The lowest BCUT2D eigenvalue weighted by Gasteiger charge is -2.32. The number of nitrogens with one attached hydrogen (secondary N) is 1. The van der Waals surface area contributed by atoms with Crippen LogP contribution in [0.3, 0.4) is 0 Å². The van der Waals surface area contributed by atoms with E-state index in [0.717, 1.165) is 49.6 Å². The van der Waals surface area contributed by atoms with Gasteiger partial charge in [-0.2, -0.15) is 0 Å². The predicted molar refractivity (Wildman–Crippen MR) is 87.9 cm³/mol. The first-order valence-corrected chi connectivity index (χ1v) is 7.83. The highest BCUT2D eigenvalue weighted by Gasteiger charge is 2.23. The minimum Gasteiger partial charge on any atom is -0.378 e. The van der Waals surface area contributed by atoms with E-state index in [0.29, 0.717) is 0 Å². The van der Waals surface area contributed by atoms with Gasteiger partial charge in [0.05, 0.1) is 0 Å². The van der Waals surface area contributed by atoms with Crippen LogP contribution in [-0.4, -0.2) is 51.6 Å². The van der Waals surface area contributed by atoms with E-state index < -0.39 is 0 Å². The standard InChI is InChI=1S/C17H27N3O/c1-18-11-8-14-9-12-20(13-10-14)17(21)15-4-6-16(7-5-15)19(2)3/h4-7,14,18H,8-13H2,1-3H3. The summed E-state index contributed by atoms with van der Waals surface area (Å²) in [6, 6.07) is 7.88. The highest BCUT2D eigenvalue weighted by Crippen LogP contribution is 2.22. The van der Waals surface area contributed by atoms with Crippen LogP contribution >= 0.6 is 0 Å². The number of nitrogens with zero attached hydrogens (tertiary/aromatic N) is 2. The maximum absolute atomic E-state index is 12.5. The van der Waals surface area contributed by atoms with Crippen molar-refractivity contribution in [2.75, 3.05) is 45.7 Å². The molecule has 0 aliphatic carbocycles. The molecule has 1 aliphatic heterocycles. The lowest BCUT2D eigenvalue weighted by molar-refractivity contribution is 0.0687. The maximum atomic E-state index is 12.5. The van der Waals surface area contributed by atoms with E-state index >= 15 is 0 Å². The molecule has 1 saturated heterocycles. The summed E-state index contributed by atoms with van der Waals surface area (Å²) in [5, 5.41) is 3.20. The van der Waals surface area contributed by atoms with Crippen molar-refractivity contribution in [3.8, 4) is 0 Å². The molecular formula is C17H27N3O. The minimum absolute atomic E-state index is 0.173. The van der Waals surface area contributed by atoms with E-state index in [1.807, 2.05) is 55.2 Å². The fourth-order valence-corrected chi connectivity index (χ4v) is 2.86. The Labute approximate surface area is 128 Å². The van der Waals surface area contributed by atoms with Crippen LogP contribution in [0.1, 0.15) is 29.6 Å². The van der Waals surface area contributed by atoms with Gasteiger partial charge in [-0.05, 0) is 63.0 Å². The Morgan fingerprint density at radius 2 is 1.86 bits per heavy atom. The van der Waals surface area contributed by atoms with Crippen LogP contribution < -0.4 is 10.2 Å². The first-order valence-electron chi connectivity index (χ1n) is 7.83. The summed E-state index contributed by atoms with van der Waals surface area (Å²) >= 11 is 0. The Morgan fingerprint density at radius 1 is 1.24 bits per heavy atom. The molecule has 4 nitrogen and oxygen atoms in total. The van der Waals surface area contributed by atoms with Gasteiger partial charge in [0.2, 0.25) is 0 Å². The maximum Gasteiger partial charge on any atom is 0.253 e. The molecule has 2 rings (SSSR count). The summed E-state index contributed by atoms with van der Waals surface area (Å²) in [5.74, 6) is 0.935. The number of anilines is 1. The number of hydrogen-bond donors (Lipinski definition) is 1. The van der Waals surface area contributed by atoms with E-state index in [4.69, 9.17) is 0 Å². The van der Waals surface area contributed by atoms with Crippen LogP contribution in [0.25, 0.3) is 0 Å². The molecule has 1 N–H and O–H groups in total. The second-order valence-corrected chi connectivity index (χ2v) is 6.07. The fraction of sp³-hybridized carbons (Fsp3) is 0.588. The van der Waals surface area contributed by atoms with Crippen molar-refractivity contribution in [2.24, 2.45) is 5.92 Å². The average molecular weight is 289 g/mol. The molecule has 0 saturated carbocycles. The first kappa shape index (κ1) is 15.8. The minimum atomic E-state index is 0.173. The smallest absolute Gasteiger partial charge is 0.253 e. The van der Waals surface area contributed by atoms with Gasteiger partial charge in [-0.1, -0.05) is 0 Å². The van der Waals surface area contributed by atoms with Crippen molar-refractivity contribution in [1.82, 2.24) is 10.2 Å². The molecule has 21 heavy (non-hydrogen) atoms. The van der Waals surface area contributed by atoms with Crippen LogP contribution in [0.4, 0.5) is 5.69 Å². The van der Waals surface area contributed by atoms with Gasteiger partial charge in [-0.15, -0.1) is 0 Å². The number of rotatable bonds is 5. The van der Waals surface area contributed by atoms with Gasteiger partial charge in [0.1, 0.15) is 0 Å². The summed E-state index contributed by atoms with van der Waals surface area (Å²) < 4.78 is 0. The second kappa shape index (κ2) is 7.46. The Kier molecular flexibility index (Phi) is 5.62. The third-order valence-corrected chi connectivity index (χ3v) is 4.33. The number of carbonyl (C=O) groups excluding carboxylic acids is 1. The van der Waals surface area contributed by atoms with Crippen LogP contribution in [0.5, 0.6) is 0 Å². The number of benzene rings is 1. The zero-order chi connectivity index (χ0) is 15.2. The molecule has 1 aromatic carbocycles. The molecule has 0 bridgehead atoms. The van der Waals surface area contributed by atoms with Crippen molar-refractivity contribution < 1.29 is 4.79 Å². The van der Waals surface area contributed by atoms with Gasteiger partial charge in [-0.3, -0.25) is 4.79 Å². The zero-order valence-corrected chi connectivity index (χ0v) is 13.4. The van der Waals surface area contributed by atoms with Crippen LogP contribution in [0.2, 0.25) is 0 Å². The number of carbonyl (C=O) groups is 1. The van der Waals surface area contributed by atoms with E-state index in [2.05, 4.69) is 5.32 Å². The summed E-state index contributed by atoms with van der Waals surface area (Å²) in [6.45, 7) is 2.86. The molecule has 0 unspecified atom stereocenters. The SMILES string of the molecule is CNCCC1CCN(C(=O)c2ccc(N(C)C)cc2)CC1. The molecule has 1 fully saturated rings. The zero-order valence-electron chi connectivity index (χ0n) is 13.4. The fourth-order valence-electron chi connectivity index (χ4n) is 2.86. The Bertz CT molecular complexity index is 448. The molecule has 0 aromatic heterocycles. The quantitative estimate of drug-likeness (QED) is 0.903. The van der Waals surface area contributed by atoms with E-state index in [-0.39, 0.29) is 5.91 Å². The third-order valence-electron chi connectivity index (χ3n) is 4.33. The summed E-state index contributed by atoms with van der Waals surface area (Å²) in [6.07, 6.45) is 3.47. The Balaban J connectivity index is 1.89. The number of hydrogen-bond acceptors (Lipinski definition) is 3. The Morgan fingerprint density at radius 3 is 2.38 bits per heavy atom. The summed E-state index contributed by atoms with van der Waals surface area (Å²) in [4.78, 5) is 16.5. The van der Waals surface area contributed by atoms with E-state index in [1.54, 1.807) is 0 Å². The lowest BCUT2D eigenvalue weighted by Crippen LogP contribution is -2.38. The van der Waals surface area contributed by atoms with Gasteiger partial charge in [0, 0.05) is 38.4 Å². The largest absolute Gasteiger partial charge is 0.378 e.